The Balaban J connectivity index is 2.70. The summed E-state index contributed by atoms with van der Waals surface area (Å²) in [5.74, 6) is 0. The van der Waals surface area contributed by atoms with Crippen molar-refractivity contribution < 1.29 is 14.3 Å². The van der Waals surface area contributed by atoms with Crippen LogP contribution in [0.1, 0.15) is 39.2 Å². The van der Waals surface area contributed by atoms with Gasteiger partial charge in [-0.05, 0) is 31.4 Å². The fourth-order valence-electron chi connectivity index (χ4n) is 2.13. The zero-order chi connectivity index (χ0) is 12.0. The Morgan fingerprint density at radius 3 is 2.50 bits per heavy atom. The molecule has 0 aliphatic carbocycles. The highest BCUT2D eigenvalue weighted by Crippen LogP contribution is 2.27. The van der Waals surface area contributed by atoms with Crippen molar-refractivity contribution in [3.8, 4) is 0 Å². The second-order valence-electron chi connectivity index (χ2n) is 4.06. The predicted molar refractivity (Wildman–Crippen MR) is 63.4 cm³/mol. The number of aliphatic hydroxyl groups excluding tert-OH is 1. The van der Waals surface area contributed by atoms with Crippen LogP contribution in [0.3, 0.4) is 0 Å². The summed E-state index contributed by atoms with van der Waals surface area (Å²) in [6.45, 7) is 6.70. The van der Waals surface area contributed by atoms with Gasteiger partial charge in [0, 0.05) is 13.0 Å². The molecule has 0 saturated heterocycles. The summed E-state index contributed by atoms with van der Waals surface area (Å²) in [6, 6.07) is 1.88. The number of ether oxygens (including phenoxy) is 1. The number of hydrogen-bond donors (Lipinski definition) is 1. The van der Waals surface area contributed by atoms with Crippen LogP contribution in [0.15, 0.2) is 23.0 Å². The topological polar surface area (TPSA) is 42.6 Å². The highest BCUT2D eigenvalue weighted by molar-refractivity contribution is 5.08. The highest BCUT2D eigenvalue weighted by atomic mass is 16.5. The Bertz CT molecular complexity index is 275. The van der Waals surface area contributed by atoms with E-state index in [-0.39, 0.29) is 0 Å². The minimum Gasteiger partial charge on any atom is -0.472 e. The predicted octanol–water partition coefficient (Wildman–Crippen LogP) is 2.78. The summed E-state index contributed by atoms with van der Waals surface area (Å²) in [5.41, 5.74) is 0.588. The monoisotopic (exact) mass is 226 g/mol. The second kappa shape index (κ2) is 6.06. The van der Waals surface area contributed by atoms with Gasteiger partial charge in [-0.25, -0.2) is 0 Å². The Kier molecular flexibility index (Phi) is 5.03. The van der Waals surface area contributed by atoms with E-state index in [1.165, 1.54) is 0 Å². The lowest BCUT2D eigenvalue weighted by atomic mass is 9.87. The summed E-state index contributed by atoms with van der Waals surface area (Å²) in [5, 5.41) is 10.3. The first-order valence-electron chi connectivity index (χ1n) is 6.01. The number of furan rings is 1. The number of rotatable bonds is 7. The summed E-state index contributed by atoms with van der Waals surface area (Å²) >= 11 is 0. The van der Waals surface area contributed by atoms with Gasteiger partial charge in [0.1, 0.15) is 0 Å². The first-order chi connectivity index (χ1) is 7.68. The molecule has 3 nitrogen and oxygen atoms in total. The van der Waals surface area contributed by atoms with E-state index in [9.17, 15) is 5.11 Å². The van der Waals surface area contributed by atoms with E-state index in [4.69, 9.17) is 9.15 Å². The highest BCUT2D eigenvalue weighted by Gasteiger charge is 2.35. The third-order valence-corrected chi connectivity index (χ3v) is 3.25. The normalized spacial score (nSPS) is 14.0. The Labute approximate surface area is 97.4 Å². The van der Waals surface area contributed by atoms with Crippen LogP contribution in [-0.2, 0) is 11.2 Å². The maximum absolute atomic E-state index is 10.3. The molecule has 0 spiro atoms. The lowest BCUT2D eigenvalue weighted by Gasteiger charge is -2.36. The molecule has 0 amide bonds. The number of aliphatic hydroxyl groups is 1. The minimum atomic E-state index is -0.486. The SMILES string of the molecule is CCOC(CC)(CC)C(O)Cc1ccoc1. The molecule has 0 aliphatic rings. The molecule has 1 aromatic rings. The molecule has 1 rings (SSSR count). The fourth-order valence-corrected chi connectivity index (χ4v) is 2.13. The number of hydrogen-bond acceptors (Lipinski definition) is 3. The van der Waals surface area contributed by atoms with E-state index in [1.54, 1.807) is 12.5 Å². The van der Waals surface area contributed by atoms with Crippen LogP contribution in [0.5, 0.6) is 0 Å². The van der Waals surface area contributed by atoms with Crippen molar-refractivity contribution in [2.45, 2.75) is 51.7 Å². The quantitative estimate of drug-likeness (QED) is 0.777. The molecule has 1 atom stereocenters. The van der Waals surface area contributed by atoms with Crippen molar-refractivity contribution in [2.24, 2.45) is 0 Å². The molecule has 16 heavy (non-hydrogen) atoms. The van der Waals surface area contributed by atoms with Gasteiger partial charge >= 0.3 is 0 Å². The van der Waals surface area contributed by atoms with E-state index in [2.05, 4.69) is 13.8 Å². The largest absolute Gasteiger partial charge is 0.472 e. The summed E-state index contributed by atoms with van der Waals surface area (Å²) in [7, 11) is 0. The van der Waals surface area contributed by atoms with E-state index in [0.29, 0.717) is 13.0 Å². The van der Waals surface area contributed by atoms with Gasteiger partial charge in [0.15, 0.2) is 0 Å². The molecule has 3 heteroatoms. The van der Waals surface area contributed by atoms with Crippen LogP contribution in [0, 0.1) is 0 Å². The standard InChI is InChI=1S/C13H22O3/c1-4-13(5-2,16-6-3)12(14)9-11-7-8-15-10-11/h7-8,10,12,14H,4-6,9H2,1-3H3. The molecular formula is C13H22O3. The molecule has 1 heterocycles. The van der Waals surface area contributed by atoms with Crippen LogP contribution < -0.4 is 0 Å². The maximum Gasteiger partial charge on any atom is 0.0938 e. The first kappa shape index (κ1) is 13.3. The van der Waals surface area contributed by atoms with Crippen LogP contribution in [0.2, 0.25) is 0 Å². The second-order valence-corrected chi connectivity index (χ2v) is 4.06. The van der Waals surface area contributed by atoms with Crippen molar-refractivity contribution in [3.63, 3.8) is 0 Å². The van der Waals surface area contributed by atoms with Crippen molar-refractivity contribution >= 4 is 0 Å². The van der Waals surface area contributed by atoms with Crippen molar-refractivity contribution in [2.75, 3.05) is 6.61 Å². The van der Waals surface area contributed by atoms with E-state index >= 15 is 0 Å². The smallest absolute Gasteiger partial charge is 0.0938 e. The van der Waals surface area contributed by atoms with Gasteiger partial charge in [0.2, 0.25) is 0 Å². The zero-order valence-corrected chi connectivity index (χ0v) is 10.4. The molecule has 1 unspecified atom stereocenters. The third kappa shape index (κ3) is 2.86. The molecule has 0 saturated carbocycles. The lowest BCUT2D eigenvalue weighted by molar-refractivity contribution is -0.124. The summed E-state index contributed by atoms with van der Waals surface area (Å²) < 4.78 is 10.8. The van der Waals surface area contributed by atoms with Crippen molar-refractivity contribution in [1.29, 1.82) is 0 Å². The van der Waals surface area contributed by atoms with E-state index < -0.39 is 11.7 Å². The van der Waals surface area contributed by atoms with Gasteiger partial charge in [-0.2, -0.15) is 0 Å². The first-order valence-corrected chi connectivity index (χ1v) is 6.01. The van der Waals surface area contributed by atoms with Crippen LogP contribution >= 0.6 is 0 Å². The molecule has 1 aromatic heterocycles. The van der Waals surface area contributed by atoms with Gasteiger partial charge in [-0.15, -0.1) is 0 Å². The Hall–Kier alpha value is -0.800. The molecule has 0 aliphatic heterocycles. The van der Waals surface area contributed by atoms with Crippen LogP contribution in [-0.4, -0.2) is 23.4 Å². The molecular weight excluding hydrogens is 204 g/mol. The molecule has 0 radical (unpaired) electrons. The maximum atomic E-state index is 10.3. The third-order valence-electron chi connectivity index (χ3n) is 3.25. The average molecular weight is 226 g/mol. The molecule has 1 N–H and O–H groups in total. The van der Waals surface area contributed by atoms with E-state index in [1.807, 2.05) is 13.0 Å². The Morgan fingerprint density at radius 1 is 1.38 bits per heavy atom. The van der Waals surface area contributed by atoms with Gasteiger partial charge in [0.05, 0.1) is 24.2 Å². The zero-order valence-electron chi connectivity index (χ0n) is 10.4. The van der Waals surface area contributed by atoms with Gasteiger partial charge in [-0.3, -0.25) is 0 Å². The Morgan fingerprint density at radius 2 is 2.06 bits per heavy atom. The molecule has 0 aromatic carbocycles. The van der Waals surface area contributed by atoms with Crippen molar-refractivity contribution in [3.05, 3.63) is 24.2 Å². The van der Waals surface area contributed by atoms with Crippen LogP contribution in [0.25, 0.3) is 0 Å². The van der Waals surface area contributed by atoms with Crippen molar-refractivity contribution in [1.82, 2.24) is 0 Å². The van der Waals surface area contributed by atoms with Gasteiger partial charge in [0.25, 0.3) is 0 Å². The van der Waals surface area contributed by atoms with Crippen LogP contribution in [0.4, 0.5) is 0 Å². The molecule has 92 valence electrons. The van der Waals surface area contributed by atoms with Gasteiger partial charge < -0.3 is 14.3 Å². The minimum absolute atomic E-state index is 0.425. The van der Waals surface area contributed by atoms with Gasteiger partial charge in [-0.1, -0.05) is 13.8 Å². The lowest BCUT2D eigenvalue weighted by Crippen LogP contribution is -2.45. The summed E-state index contributed by atoms with van der Waals surface area (Å²) in [4.78, 5) is 0. The summed E-state index contributed by atoms with van der Waals surface area (Å²) in [6.07, 6.45) is 5.03. The molecule has 0 fully saturated rings. The average Bonchev–Trinajstić information content (AvgIpc) is 2.78. The van der Waals surface area contributed by atoms with E-state index in [0.717, 1.165) is 18.4 Å². The fraction of sp³-hybridized carbons (Fsp3) is 0.692. The molecule has 0 bridgehead atoms.